The second-order valence-electron chi connectivity index (χ2n) is 6.90. The van der Waals surface area contributed by atoms with E-state index in [1.807, 2.05) is 36.4 Å². The molecule has 1 aliphatic rings. The van der Waals surface area contributed by atoms with Crippen LogP contribution < -0.4 is 15.6 Å². The molecule has 0 aliphatic carbocycles. The third-order valence-electron chi connectivity index (χ3n) is 5.14. The minimum atomic E-state index is -0.174. The van der Waals surface area contributed by atoms with Gasteiger partial charge in [0.15, 0.2) is 5.75 Å². The molecule has 1 aromatic heterocycles. The van der Waals surface area contributed by atoms with Crippen LogP contribution in [-0.4, -0.2) is 42.7 Å². The number of hydrogen-bond acceptors (Lipinski definition) is 4. The lowest BCUT2D eigenvalue weighted by molar-refractivity contribution is 0.146. The smallest absolute Gasteiger partial charge is 0.290 e. The molecular formula is C22H25N3O2. The second kappa shape index (κ2) is 8.37. The van der Waals surface area contributed by atoms with Crippen molar-refractivity contribution in [3.8, 4) is 5.75 Å². The Morgan fingerprint density at radius 3 is 2.56 bits per heavy atom. The van der Waals surface area contributed by atoms with E-state index in [1.165, 1.54) is 5.56 Å². The van der Waals surface area contributed by atoms with Gasteiger partial charge in [-0.25, -0.2) is 0 Å². The Morgan fingerprint density at radius 1 is 1.00 bits per heavy atom. The second-order valence-corrected chi connectivity index (χ2v) is 6.90. The molecule has 27 heavy (non-hydrogen) atoms. The molecule has 1 aliphatic heterocycles. The summed E-state index contributed by atoms with van der Waals surface area (Å²) in [6, 6.07) is 20.4. The number of para-hydroxylation sites is 1. The highest BCUT2D eigenvalue weighted by Gasteiger charge is 2.22. The fourth-order valence-corrected chi connectivity index (χ4v) is 3.74. The Morgan fingerprint density at radius 2 is 1.74 bits per heavy atom. The summed E-state index contributed by atoms with van der Waals surface area (Å²) in [5, 5.41) is 4.39. The van der Waals surface area contributed by atoms with Gasteiger partial charge in [0.25, 0.3) is 5.56 Å². The minimum Gasteiger partial charge on any atom is -0.488 e. The molecule has 2 aromatic carbocycles. The van der Waals surface area contributed by atoms with Crippen molar-refractivity contribution < 1.29 is 4.74 Å². The maximum absolute atomic E-state index is 12.3. The van der Waals surface area contributed by atoms with Crippen LogP contribution in [0.25, 0.3) is 10.9 Å². The van der Waals surface area contributed by atoms with E-state index in [2.05, 4.69) is 39.5 Å². The Labute approximate surface area is 159 Å². The maximum Gasteiger partial charge on any atom is 0.290 e. The van der Waals surface area contributed by atoms with Gasteiger partial charge in [-0.05, 0) is 17.7 Å². The molecule has 1 saturated heterocycles. The van der Waals surface area contributed by atoms with Gasteiger partial charge in [-0.15, -0.1) is 0 Å². The summed E-state index contributed by atoms with van der Waals surface area (Å²) in [6.45, 7) is 4.57. The zero-order valence-corrected chi connectivity index (χ0v) is 15.4. The number of fused-ring (bicyclic) bond motifs is 1. The van der Waals surface area contributed by atoms with E-state index in [-0.39, 0.29) is 5.56 Å². The van der Waals surface area contributed by atoms with Gasteiger partial charge in [-0.1, -0.05) is 48.5 Å². The Hall–Kier alpha value is -2.63. The van der Waals surface area contributed by atoms with Crippen LogP contribution in [0.2, 0.25) is 0 Å². The first kappa shape index (κ1) is 17.8. The lowest BCUT2D eigenvalue weighted by Gasteiger charge is -2.35. The average Bonchev–Trinajstić information content (AvgIpc) is 2.73. The van der Waals surface area contributed by atoms with Gasteiger partial charge in [-0.3, -0.25) is 9.69 Å². The Balaban J connectivity index is 1.48. The predicted molar refractivity (Wildman–Crippen MR) is 108 cm³/mol. The molecule has 0 spiro atoms. The van der Waals surface area contributed by atoms with Crippen LogP contribution in [0.1, 0.15) is 18.0 Å². The molecule has 3 aromatic rings. The highest BCUT2D eigenvalue weighted by Crippen LogP contribution is 2.25. The van der Waals surface area contributed by atoms with Crippen molar-refractivity contribution in [3.63, 3.8) is 0 Å². The van der Waals surface area contributed by atoms with E-state index in [1.54, 1.807) is 0 Å². The van der Waals surface area contributed by atoms with Crippen molar-refractivity contribution >= 4 is 10.9 Å². The van der Waals surface area contributed by atoms with Gasteiger partial charge < -0.3 is 15.0 Å². The van der Waals surface area contributed by atoms with E-state index >= 15 is 0 Å². The van der Waals surface area contributed by atoms with Gasteiger partial charge in [0, 0.05) is 49.5 Å². The van der Waals surface area contributed by atoms with Crippen LogP contribution >= 0.6 is 0 Å². The number of hydrogen-bond donors (Lipinski definition) is 2. The number of aromatic amines is 1. The first-order valence-electron chi connectivity index (χ1n) is 9.56. The molecule has 1 unspecified atom stereocenters. The standard InChI is InChI=1S/C22H25N3O2/c26-22-21(16-18-8-4-5-9-19(18)24-22)27-15-10-20(17-6-2-1-3-7-17)25-13-11-23-12-14-25/h1-9,16,20,23H,10-15H2,(H,24,26). The number of H-pyrrole nitrogens is 1. The predicted octanol–water partition coefficient (Wildman–Crippen LogP) is 2.94. The third-order valence-corrected chi connectivity index (χ3v) is 5.14. The molecule has 0 saturated carbocycles. The Kier molecular flexibility index (Phi) is 5.51. The summed E-state index contributed by atoms with van der Waals surface area (Å²) >= 11 is 0. The number of nitrogens with zero attached hydrogens (tertiary/aromatic N) is 1. The molecule has 0 bridgehead atoms. The van der Waals surface area contributed by atoms with Gasteiger partial charge in [0.05, 0.1) is 6.61 Å². The maximum atomic E-state index is 12.3. The number of piperazine rings is 1. The van der Waals surface area contributed by atoms with Crippen LogP contribution in [-0.2, 0) is 0 Å². The fourth-order valence-electron chi connectivity index (χ4n) is 3.74. The molecule has 5 nitrogen and oxygen atoms in total. The van der Waals surface area contributed by atoms with E-state index in [9.17, 15) is 4.79 Å². The topological polar surface area (TPSA) is 57.4 Å². The van der Waals surface area contributed by atoms with Crippen LogP contribution in [0.5, 0.6) is 5.75 Å². The quantitative estimate of drug-likeness (QED) is 0.707. The molecule has 5 heteroatoms. The van der Waals surface area contributed by atoms with Crippen molar-refractivity contribution in [1.29, 1.82) is 0 Å². The number of benzene rings is 2. The molecule has 0 radical (unpaired) electrons. The van der Waals surface area contributed by atoms with Crippen molar-refractivity contribution in [2.45, 2.75) is 12.5 Å². The molecule has 0 amide bonds. The van der Waals surface area contributed by atoms with E-state index < -0.39 is 0 Å². The van der Waals surface area contributed by atoms with E-state index in [0.717, 1.165) is 43.5 Å². The molecule has 1 fully saturated rings. The first-order valence-corrected chi connectivity index (χ1v) is 9.56. The Bertz CT molecular complexity index is 933. The average molecular weight is 363 g/mol. The number of aromatic nitrogens is 1. The fraction of sp³-hybridized carbons (Fsp3) is 0.318. The van der Waals surface area contributed by atoms with E-state index in [4.69, 9.17) is 4.74 Å². The zero-order chi connectivity index (χ0) is 18.5. The SMILES string of the molecule is O=c1[nH]c2ccccc2cc1OCCC(c1ccccc1)N1CCNCC1. The van der Waals surface area contributed by atoms with Crippen molar-refractivity contribution in [2.24, 2.45) is 0 Å². The zero-order valence-electron chi connectivity index (χ0n) is 15.4. The molecule has 2 heterocycles. The molecule has 140 valence electrons. The molecule has 2 N–H and O–H groups in total. The van der Waals surface area contributed by atoms with Crippen molar-refractivity contribution in [1.82, 2.24) is 15.2 Å². The summed E-state index contributed by atoms with van der Waals surface area (Å²) < 4.78 is 5.90. The van der Waals surface area contributed by atoms with Crippen molar-refractivity contribution in [3.05, 3.63) is 76.6 Å². The number of ether oxygens (including phenoxy) is 1. The van der Waals surface area contributed by atoms with Gasteiger partial charge >= 0.3 is 0 Å². The molecular weight excluding hydrogens is 338 g/mol. The highest BCUT2D eigenvalue weighted by atomic mass is 16.5. The monoisotopic (exact) mass is 363 g/mol. The lowest BCUT2D eigenvalue weighted by Crippen LogP contribution is -2.45. The number of rotatable bonds is 6. The van der Waals surface area contributed by atoms with Crippen LogP contribution in [0.15, 0.2) is 65.5 Å². The minimum absolute atomic E-state index is 0.174. The normalized spacial score (nSPS) is 16.3. The molecule has 1 atom stereocenters. The van der Waals surface area contributed by atoms with Crippen LogP contribution in [0, 0.1) is 0 Å². The van der Waals surface area contributed by atoms with Gasteiger partial charge in [0.2, 0.25) is 0 Å². The largest absolute Gasteiger partial charge is 0.488 e. The van der Waals surface area contributed by atoms with Crippen LogP contribution in [0.3, 0.4) is 0 Å². The van der Waals surface area contributed by atoms with Gasteiger partial charge in [0.1, 0.15) is 0 Å². The summed E-state index contributed by atoms with van der Waals surface area (Å²) in [6.07, 6.45) is 0.844. The summed E-state index contributed by atoms with van der Waals surface area (Å²) in [7, 11) is 0. The number of pyridine rings is 1. The van der Waals surface area contributed by atoms with Crippen LogP contribution in [0.4, 0.5) is 0 Å². The lowest BCUT2D eigenvalue weighted by atomic mass is 10.0. The highest BCUT2D eigenvalue weighted by molar-refractivity contribution is 5.79. The molecule has 4 rings (SSSR count). The van der Waals surface area contributed by atoms with E-state index in [0.29, 0.717) is 18.4 Å². The summed E-state index contributed by atoms with van der Waals surface area (Å²) in [4.78, 5) is 17.7. The summed E-state index contributed by atoms with van der Waals surface area (Å²) in [5.41, 5.74) is 1.96. The first-order chi connectivity index (χ1) is 13.3. The van der Waals surface area contributed by atoms with Gasteiger partial charge in [-0.2, -0.15) is 0 Å². The number of nitrogens with one attached hydrogen (secondary N) is 2. The third kappa shape index (κ3) is 4.21. The van der Waals surface area contributed by atoms with Crippen molar-refractivity contribution in [2.75, 3.05) is 32.8 Å². The summed E-state index contributed by atoms with van der Waals surface area (Å²) in [5.74, 6) is 0.390.